The lowest BCUT2D eigenvalue weighted by Crippen LogP contribution is -3.00. The maximum Gasteiger partial charge on any atom is 0.121 e. The number of benzene rings is 1. The number of methoxy groups -OCH3 is 1. The molecule has 0 bridgehead atoms. The van der Waals surface area contributed by atoms with Crippen LogP contribution in [0, 0.1) is 5.92 Å². The second kappa shape index (κ2) is 6.33. The first-order chi connectivity index (χ1) is 8.97. The molecule has 4 N–H and O–H groups in total. The lowest BCUT2D eigenvalue weighted by Gasteiger charge is -2.47. The molecular weight excluding hydrogens is 274 g/mol. The van der Waals surface area contributed by atoms with Crippen LogP contribution in [-0.2, 0) is 16.6 Å². The van der Waals surface area contributed by atoms with Crippen LogP contribution in [0.25, 0.3) is 0 Å². The van der Waals surface area contributed by atoms with Crippen LogP contribution >= 0.6 is 0 Å². The third-order valence-electron chi connectivity index (χ3n) is 5.04. The summed E-state index contributed by atoms with van der Waals surface area (Å²) >= 11 is 0. The number of quaternary nitrogens is 1. The molecule has 0 saturated heterocycles. The van der Waals surface area contributed by atoms with Crippen LogP contribution in [-0.4, -0.2) is 24.4 Å². The van der Waals surface area contributed by atoms with Crippen molar-refractivity contribution >= 4 is 0 Å². The number of phenols is 1. The Kier molecular flexibility index (Phi) is 5.47. The molecule has 0 spiro atoms. The van der Waals surface area contributed by atoms with E-state index in [2.05, 4.69) is 26.5 Å². The van der Waals surface area contributed by atoms with Crippen molar-refractivity contribution in [3.05, 3.63) is 29.3 Å². The highest BCUT2D eigenvalue weighted by atomic mass is 35.5. The van der Waals surface area contributed by atoms with Crippen LogP contribution in [0.15, 0.2) is 18.2 Å². The van der Waals surface area contributed by atoms with Gasteiger partial charge in [0.1, 0.15) is 17.9 Å². The number of ether oxygens (including phenoxy) is 1. The molecule has 0 aliphatic heterocycles. The molecule has 1 aromatic rings. The number of fused-ring (bicyclic) bond motifs is 1. The highest BCUT2D eigenvalue weighted by Gasteiger charge is 2.50. The third-order valence-corrected chi connectivity index (χ3v) is 5.04. The van der Waals surface area contributed by atoms with E-state index in [4.69, 9.17) is 4.74 Å². The van der Waals surface area contributed by atoms with Crippen LogP contribution in [0.1, 0.15) is 38.3 Å². The Bertz CT molecular complexity index is 464. The lowest BCUT2D eigenvalue weighted by atomic mass is 9.59. The zero-order valence-electron chi connectivity index (χ0n) is 12.8. The van der Waals surface area contributed by atoms with E-state index in [0.717, 1.165) is 12.8 Å². The van der Waals surface area contributed by atoms with Gasteiger partial charge in [-0.15, -0.1) is 0 Å². The van der Waals surface area contributed by atoms with E-state index in [1.807, 2.05) is 12.1 Å². The van der Waals surface area contributed by atoms with Gasteiger partial charge in [0.2, 0.25) is 0 Å². The molecule has 0 radical (unpaired) electrons. The van der Waals surface area contributed by atoms with Crippen LogP contribution in [0.5, 0.6) is 5.75 Å². The standard InChI is InChI=1S/C16H25NO2.ClH/c1-5-16(10(2)3)13-9-12(18)7-6-11(13)8-14(19-4)15(16)17;/h6-7,9-10,14-15,18H,5,8,17H2,1-4H3;1H. The van der Waals surface area contributed by atoms with Gasteiger partial charge in [0.05, 0.1) is 5.41 Å². The van der Waals surface area contributed by atoms with Gasteiger partial charge in [-0.1, -0.05) is 26.8 Å². The molecule has 0 aromatic heterocycles. The monoisotopic (exact) mass is 299 g/mol. The maximum absolute atomic E-state index is 9.86. The third kappa shape index (κ3) is 2.43. The highest BCUT2D eigenvalue weighted by molar-refractivity contribution is 5.44. The Morgan fingerprint density at radius 2 is 2.10 bits per heavy atom. The molecular formula is C16H26ClNO2. The molecule has 4 heteroatoms. The van der Waals surface area contributed by atoms with E-state index >= 15 is 0 Å². The van der Waals surface area contributed by atoms with Gasteiger partial charge in [-0.05, 0) is 35.6 Å². The Morgan fingerprint density at radius 1 is 1.45 bits per heavy atom. The summed E-state index contributed by atoms with van der Waals surface area (Å²) in [6.07, 6.45) is 2.04. The minimum atomic E-state index is -0.0208. The quantitative estimate of drug-likeness (QED) is 0.743. The molecule has 0 amide bonds. The molecule has 3 unspecified atom stereocenters. The molecule has 0 saturated carbocycles. The molecule has 1 aliphatic rings. The Hall–Kier alpha value is -0.770. The normalized spacial score (nSPS) is 28.9. The van der Waals surface area contributed by atoms with E-state index in [0.29, 0.717) is 11.7 Å². The van der Waals surface area contributed by atoms with Crippen LogP contribution in [0.2, 0.25) is 0 Å². The SMILES string of the molecule is CCC1(C(C)C)c2cc(O)ccc2CC(OC)C1[NH3+].[Cl-]. The summed E-state index contributed by atoms with van der Waals surface area (Å²) in [5, 5.41) is 9.86. The van der Waals surface area contributed by atoms with Crippen molar-refractivity contribution in [3.63, 3.8) is 0 Å². The number of halogens is 1. The number of aromatic hydroxyl groups is 1. The van der Waals surface area contributed by atoms with Crippen LogP contribution in [0.4, 0.5) is 0 Å². The zero-order chi connectivity index (χ0) is 14.2. The molecule has 3 nitrogen and oxygen atoms in total. The fourth-order valence-corrected chi connectivity index (χ4v) is 3.91. The van der Waals surface area contributed by atoms with Gasteiger partial charge in [0.25, 0.3) is 0 Å². The number of hydrogen-bond donors (Lipinski definition) is 2. The van der Waals surface area contributed by atoms with Gasteiger partial charge in [-0.2, -0.15) is 0 Å². The van der Waals surface area contributed by atoms with Crippen molar-refractivity contribution in [1.82, 2.24) is 0 Å². The zero-order valence-corrected chi connectivity index (χ0v) is 13.6. The first-order valence-corrected chi connectivity index (χ1v) is 7.15. The first kappa shape index (κ1) is 17.3. The summed E-state index contributed by atoms with van der Waals surface area (Å²) in [7, 11) is 1.77. The van der Waals surface area contributed by atoms with Gasteiger partial charge < -0.3 is 28.0 Å². The average molecular weight is 300 g/mol. The maximum atomic E-state index is 9.86. The van der Waals surface area contributed by atoms with Gasteiger partial charge in [-0.3, -0.25) is 0 Å². The van der Waals surface area contributed by atoms with Gasteiger partial charge in [0, 0.05) is 13.5 Å². The largest absolute Gasteiger partial charge is 1.00 e. The van der Waals surface area contributed by atoms with Crippen molar-refractivity contribution in [2.75, 3.05) is 7.11 Å². The first-order valence-electron chi connectivity index (χ1n) is 7.15. The Labute approximate surface area is 127 Å². The summed E-state index contributed by atoms with van der Waals surface area (Å²) in [6, 6.07) is 5.95. The minimum Gasteiger partial charge on any atom is -1.00 e. The van der Waals surface area contributed by atoms with Crippen molar-refractivity contribution in [2.24, 2.45) is 5.92 Å². The predicted molar refractivity (Wildman–Crippen MR) is 76.1 cm³/mol. The minimum absolute atomic E-state index is 0. The molecule has 1 aromatic carbocycles. The molecule has 114 valence electrons. The molecule has 2 rings (SSSR count). The Balaban J connectivity index is 0.00000200. The smallest absolute Gasteiger partial charge is 0.121 e. The van der Waals surface area contributed by atoms with E-state index in [9.17, 15) is 5.11 Å². The highest BCUT2D eigenvalue weighted by Crippen LogP contribution is 2.45. The van der Waals surface area contributed by atoms with Crippen LogP contribution < -0.4 is 18.1 Å². The number of hydrogen-bond acceptors (Lipinski definition) is 2. The van der Waals surface area contributed by atoms with E-state index in [1.54, 1.807) is 13.2 Å². The molecule has 0 fully saturated rings. The molecule has 0 heterocycles. The second-order valence-corrected chi connectivity index (χ2v) is 5.97. The van der Waals surface area contributed by atoms with Gasteiger partial charge in [0.15, 0.2) is 0 Å². The second-order valence-electron chi connectivity index (χ2n) is 5.97. The fourth-order valence-electron chi connectivity index (χ4n) is 3.91. The summed E-state index contributed by atoms with van der Waals surface area (Å²) in [6.45, 7) is 6.70. The number of rotatable bonds is 3. The predicted octanol–water partition coefficient (Wildman–Crippen LogP) is -1.12. The molecule has 20 heavy (non-hydrogen) atoms. The van der Waals surface area contributed by atoms with Gasteiger partial charge in [-0.25, -0.2) is 0 Å². The van der Waals surface area contributed by atoms with Crippen molar-refractivity contribution in [1.29, 1.82) is 0 Å². The van der Waals surface area contributed by atoms with Gasteiger partial charge >= 0.3 is 0 Å². The summed E-state index contributed by atoms with van der Waals surface area (Å²) in [5.74, 6) is 0.804. The summed E-state index contributed by atoms with van der Waals surface area (Å²) in [5.41, 5.74) is 6.95. The average Bonchev–Trinajstić information content (AvgIpc) is 2.38. The van der Waals surface area contributed by atoms with Crippen molar-refractivity contribution in [3.8, 4) is 5.75 Å². The molecule has 1 aliphatic carbocycles. The van der Waals surface area contributed by atoms with Crippen molar-refractivity contribution in [2.45, 2.75) is 51.2 Å². The Morgan fingerprint density at radius 3 is 2.60 bits per heavy atom. The topological polar surface area (TPSA) is 57.1 Å². The molecule has 3 atom stereocenters. The lowest BCUT2D eigenvalue weighted by molar-refractivity contribution is -0.461. The fraction of sp³-hybridized carbons (Fsp3) is 0.625. The van der Waals surface area contributed by atoms with Crippen LogP contribution in [0.3, 0.4) is 0 Å². The summed E-state index contributed by atoms with van der Waals surface area (Å²) in [4.78, 5) is 0. The van der Waals surface area contributed by atoms with Crippen molar-refractivity contribution < 1.29 is 28.0 Å². The summed E-state index contributed by atoms with van der Waals surface area (Å²) < 4.78 is 5.67. The van der Waals surface area contributed by atoms with E-state index in [-0.39, 0.29) is 30.0 Å². The number of phenolic OH excluding ortho intramolecular Hbond substituents is 1. The van der Waals surface area contributed by atoms with E-state index in [1.165, 1.54) is 11.1 Å². The van der Waals surface area contributed by atoms with E-state index < -0.39 is 0 Å².